The van der Waals surface area contributed by atoms with E-state index < -0.39 is 11.4 Å². The van der Waals surface area contributed by atoms with Crippen LogP contribution < -0.4 is 5.32 Å². The first-order valence-electron chi connectivity index (χ1n) is 6.85. The molecule has 110 valence electrons. The van der Waals surface area contributed by atoms with Gasteiger partial charge in [-0.15, -0.1) is 0 Å². The van der Waals surface area contributed by atoms with Crippen molar-refractivity contribution in [3.8, 4) is 0 Å². The van der Waals surface area contributed by atoms with E-state index in [1.54, 1.807) is 6.92 Å². The molecule has 1 aliphatic carbocycles. The molecule has 1 fully saturated rings. The Bertz CT molecular complexity index is 493. The Hall–Kier alpha value is -1.50. The van der Waals surface area contributed by atoms with Crippen molar-refractivity contribution in [3.63, 3.8) is 0 Å². The Morgan fingerprint density at radius 3 is 2.45 bits per heavy atom. The maximum atomic E-state index is 12.1. The van der Waals surface area contributed by atoms with Gasteiger partial charge >= 0.3 is 5.97 Å². The highest BCUT2D eigenvalue weighted by atomic mass is 32.1. The average Bonchev–Trinajstić information content (AvgIpc) is 2.64. The minimum atomic E-state index is -0.916. The van der Waals surface area contributed by atoms with E-state index in [-0.39, 0.29) is 12.3 Å². The summed E-state index contributed by atoms with van der Waals surface area (Å²) in [5.74, 6) is -0.541. The maximum Gasteiger partial charge on any atom is 0.310 e. The van der Waals surface area contributed by atoms with Gasteiger partial charge in [-0.25, -0.2) is 4.98 Å². The molecule has 0 spiro atoms. The van der Waals surface area contributed by atoms with Crippen LogP contribution in [0.3, 0.4) is 0 Å². The number of carboxylic acid groups (broad SMARTS) is 1. The molecule has 0 atom stereocenters. The summed E-state index contributed by atoms with van der Waals surface area (Å²) in [5, 5.41) is 12.6. The monoisotopic (exact) mass is 297 g/mol. The molecule has 1 aromatic heterocycles. The van der Waals surface area contributed by atoms with E-state index >= 15 is 0 Å². The molecule has 2 rings (SSSR count). The fourth-order valence-corrected chi connectivity index (χ4v) is 3.28. The van der Waals surface area contributed by atoms with E-state index in [9.17, 15) is 14.7 Å². The standard InChI is InChI=1S/C13H19N3O3S/c1-9-14-12(20-16-9)15-10(17)8-13(11(18)19)6-4-2-3-5-7-13/h2-8H2,1H3,(H,18,19)(H,14,15,16,17). The van der Waals surface area contributed by atoms with Crippen LogP contribution >= 0.6 is 11.5 Å². The minimum absolute atomic E-state index is 0.0148. The van der Waals surface area contributed by atoms with Gasteiger partial charge in [-0.2, -0.15) is 4.37 Å². The molecule has 7 heteroatoms. The van der Waals surface area contributed by atoms with Crippen molar-refractivity contribution in [1.82, 2.24) is 9.36 Å². The molecule has 2 N–H and O–H groups in total. The number of amides is 1. The molecule has 1 aliphatic rings. The second kappa shape index (κ2) is 6.30. The third kappa shape index (κ3) is 3.53. The quantitative estimate of drug-likeness (QED) is 0.833. The van der Waals surface area contributed by atoms with Gasteiger partial charge in [0.2, 0.25) is 11.0 Å². The Morgan fingerprint density at radius 2 is 1.95 bits per heavy atom. The summed E-state index contributed by atoms with van der Waals surface area (Å²) >= 11 is 1.11. The van der Waals surface area contributed by atoms with Crippen molar-refractivity contribution < 1.29 is 14.7 Å². The smallest absolute Gasteiger partial charge is 0.310 e. The lowest BCUT2D eigenvalue weighted by molar-refractivity contribution is -0.152. The number of anilines is 1. The van der Waals surface area contributed by atoms with Crippen molar-refractivity contribution in [2.45, 2.75) is 51.9 Å². The van der Waals surface area contributed by atoms with E-state index in [1.165, 1.54) is 0 Å². The van der Waals surface area contributed by atoms with E-state index in [1.807, 2.05) is 0 Å². The normalized spacial score (nSPS) is 18.2. The average molecular weight is 297 g/mol. The first-order valence-corrected chi connectivity index (χ1v) is 7.63. The van der Waals surface area contributed by atoms with Gasteiger partial charge in [0.1, 0.15) is 5.82 Å². The Labute approximate surface area is 121 Å². The zero-order valence-electron chi connectivity index (χ0n) is 11.5. The molecule has 6 nitrogen and oxygen atoms in total. The molecule has 0 saturated heterocycles. The van der Waals surface area contributed by atoms with Gasteiger partial charge in [0.05, 0.1) is 5.41 Å². The molecule has 0 bridgehead atoms. The van der Waals surface area contributed by atoms with Gasteiger partial charge in [-0.05, 0) is 19.8 Å². The van der Waals surface area contributed by atoms with Crippen molar-refractivity contribution in [2.75, 3.05) is 5.32 Å². The summed E-state index contributed by atoms with van der Waals surface area (Å²) < 4.78 is 3.98. The van der Waals surface area contributed by atoms with Gasteiger partial charge in [-0.1, -0.05) is 25.7 Å². The lowest BCUT2D eigenvalue weighted by Gasteiger charge is -2.27. The summed E-state index contributed by atoms with van der Waals surface area (Å²) in [5.41, 5.74) is -0.916. The predicted octanol–water partition coefficient (Wildman–Crippen LogP) is 2.60. The van der Waals surface area contributed by atoms with Gasteiger partial charge < -0.3 is 10.4 Å². The number of aliphatic carboxylic acids is 1. The third-order valence-electron chi connectivity index (χ3n) is 3.79. The fourth-order valence-electron chi connectivity index (χ4n) is 2.69. The Balaban J connectivity index is 2.03. The number of carbonyl (C=O) groups is 2. The van der Waals surface area contributed by atoms with Crippen molar-refractivity contribution >= 4 is 28.5 Å². The molecule has 1 heterocycles. The highest BCUT2D eigenvalue weighted by Crippen LogP contribution is 2.38. The number of aromatic nitrogens is 2. The van der Waals surface area contributed by atoms with Crippen LogP contribution in [0.25, 0.3) is 0 Å². The lowest BCUT2D eigenvalue weighted by atomic mass is 9.77. The zero-order valence-corrected chi connectivity index (χ0v) is 12.3. The summed E-state index contributed by atoms with van der Waals surface area (Å²) in [4.78, 5) is 27.7. The van der Waals surface area contributed by atoms with Gasteiger partial charge in [-0.3, -0.25) is 9.59 Å². The SMILES string of the molecule is Cc1nsc(NC(=O)CC2(C(=O)O)CCCCCC2)n1. The molecule has 1 saturated carbocycles. The van der Waals surface area contributed by atoms with E-state index in [2.05, 4.69) is 14.7 Å². The van der Waals surface area contributed by atoms with Gasteiger partial charge in [0.25, 0.3) is 0 Å². The molecule has 0 unspecified atom stereocenters. The highest BCUT2D eigenvalue weighted by Gasteiger charge is 2.40. The second-order valence-corrected chi connectivity index (χ2v) is 6.12. The first-order chi connectivity index (χ1) is 9.52. The van der Waals surface area contributed by atoms with Crippen molar-refractivity contribution in [1.29, 1.82) is 0 Å². The maximum absolute atomic E-state index is 12.1. The van der Waals surface area contributed by atoms with Crippen LogP contribution in [-0.4, -0.2) is 26.3 Å². The number of hydrogen-bond acceptors (Lipinski definition) is 5. The first kappa shape index (κ1) is 14.9. The molecule has 0 aliphatic heterocycles. The van der Waals surface area contributed by atoms with Crippen LogP contribution in [0.2, 0.25) is 0 Å². The zero-order chi connectivity index (χ0) is 14.6. The van der Waals surface area contributed by atoms with E-state index in [4.69, 9.17) is 0 Å². The number of nitrogens with one attached hydrogen (secondary N) is 1. The molecule has 0 aromatic carbocycles. The predicted molar refractivity (Wildman–Crippen MR) is 75.7 cm³/mol. The molecular weight excluding hydrogens is 278 g/mol. The summed E-state index contributed by atoms with van der Waals surface area (Å²) in [7, 11) is 0. The highest BCUT2D eigenvalue weighted by molar-refractivity contribution is 7.09. The number of hydrogen-bond donors (Lipinski definition) is 2. The topological polar surface area (TPSA) is 92.2 Å². The Morgan fingerprint density at radius 1 is 1.30 bits per heavy atom. The van der Waals surface area contributed by atoms with Crippen molar-refractivity contribution in [2.24, 2.45) is 5.41 Å². The minimum Gasteiger partial charge on any atom is -0.481 e. The van der Waals surface area contributed by atoms with Crippen LogP contribution in [0.15, 0.2) is 0 Å². The number of carbonyl (C=O) groups excluding carboxylic acids is 1. The Kier molecular flexibility index (Phi) is 4.69. The molecule has 0 radical (unpaired) electrons. The fraction of sp³-hybridized carbons (Fsp3) is 0.692. The van der Waals surface area contributed by atoms with Crippen LogP contribution in [0.5, 0.6) is 0 Å². The summed E-state index contributed by atoms with van der Waals surface area (Å²) in [6.07, 6.45) is 5.00. The van der Waals surface area contributed by atoms with E-state index in [0.29, 0.717) is 23.8 Å². The van der Waals surface area contributed by atoms with Crippen LogP contribution in [0.1, 0.15) is 50.8 Å². The number of carboxylic acids is 1. The third-order valence-corrected chi connectivity index (χ3v) is 4.51. The summed E-state index contributed by atoms with van der Waals surface area (Å²) in [6.45, 7) is 1.75. The molecular formula is C13H19N3O3S. The number of nitrogens with zero attached hydrogens (tertiary/aromatic N) is 2. The second-order valence-electron chi connectivity index (χ2n) is 5.37. The van der Waals surface area contributed by atoms with Crippen LogP contribution in [0.4, 0.5) is 5.13 Å². The number of rotatable bonds is 4. The van der Waals surface area contributed by atoms with Crippen LogP contribution in [0, 0.1) is 12.3 Å². The van der Waals surface area contributed by atoms with Crippen molar-refractivity contribution in [3.05, 3.63) is 5.82 Å². The molecule has 20 heavy (non-hydrogen) atoms. The van der Waals surface area contributed by atoms with Crippen LogP contribution in [-0.2, 0) is 9.59 Å². The lowest BCUT2D eigenvalue weighted by Crippen LogP contribution is -2.35. The van der Waals surface area contributed by atoms with E-state index in [0.717, 1.165) is 37.2 Å². The van der Waals surface area contributed by atoms with Gasteiger partial charge in [0, 0.05) is 18.0 Å². The number of aryl methyl sites for hydroxylation is 1. The summed E-state index contributed by atoms with van der Waals surface area (Å²) in [6, 6.07) is 0. The largest absolute Gasteiger partial charge is 0.481 e. The van der Waals surface area contributed by atoms with Gasteiger partial charge in [0.15, 0.2) is 0 Å². The molecule has 1 amide bonds. The molecule has 1 aromatic rings.